The Morgan fingerprint density at radius 1 is 1.18 bits per heavy atom. The molecule has 28 heavy (non-hydrogen) atoms. The second kappa shape index (κ2) is 7.64. The van der Waals surface area contributed by atoms with E-state index < -0.39 is 0 Å². The fraction of sp³-hybridized carbons (Fsp3) is 0.190. The smallest absolute Gasteiger partial charge is 0.269 e. The molecule has 6 nitrogen and oxygen atoms in total. The zero-order chi connectivity index (χ0) is 19.5. The third-order valence-electron chi connectivity index (χ3n) is 4.79. The Kier molecular flexibility index (Phi) is 4.89. The number of rotatable bonds is 5. The van der Waals surface area contributed by atoms with E-state index in [4.69, 9.17) is 0 Å². The number of halogens is 1. The first-order valence-electron chi connectivity index (χ1n) is 9.05. The van der Waals surface area contributed by atoms with Crippen molar-refractivity contribution in [3.05, 3.63) is 72.2 Å². The normalized spacial score (nSPS) is 16.4. The number of carbonyl (C=O) groups is 2. The van der Waals surface area contributed by atoms with Crippen molar-refractivity contribution in [1.82, 2.24) is 15.5 Å². The highest BCUT2D eigenvalue weighted by Gasteiger charge is 2.30. The van der Waals surface area contributed by atoms with E-state index in [1.54, 1.807) is 23.1 Å². The molecule has 1 aliphatic heterocycles. The molecule has 4 rings (SSSR count). The lowest BCUT2D eigenvalue weighted by atomic mass is 10.1. The summed E-state index contributed by atoms with van der Waals surface area (Å²) in [6.45, 7) is 0.978. The summed E-state index contributed by atoms with van der Waals surface area (Å²) in [5.41, 5.74) is 2.48. The molecule has 1 saturated heterocycles. The minimum absolute atomic E-state index is 0.0520. The number of H-pyrrole nitrogens is 1. The van der Waals surface area contributed by atoms with E-state index in [0.717, 1.165) is 11.3 Å². The van der Waals surface area contributed by atoms with Crippen molar-refractivity contribution in [3.8, 4) is 11.3 Å². The van der Waals surface area contributed by atoms with Gasteiger partial charge in [-0.15, -0.1) is 0 Å². The van der Waals surface area contributed by atoms with Gasteiger partial charge in [0, 0.05) is 36.7 Å². The fourth-order valence-electron chi connectivity index (χ4n) is 3.31. The maximum atomic E-state index is 13.0. The minimum Gasteiger partial charge on any atom is -0.350 e. The van der Waals surface area contributed by atoms with Crippen LogP contribution in [0.25, 0.3) is 11.3 Å². The minimum atomic E-state index is -0.326. The monoisotopic (exact) mass is 378 g/mol. The van der Waals surface area contributed by atoms with Crippen molar-refractivity contribution < 1.29 is 14.0 Å². The molecule has 0 radical (unpaired) electrons. The van der Waals surface area contributed by atoms with Crippen LogP contribution in [0.15, 0.2) is 60.7 Å². The predicted octanol–water partition coefficient (Wildman–Crippen LogP) is 3.00. The number of para-hydroxylation sites is 1. The Hall–Kier alpha value is -3.48. The van der Waals surface area contributed by atoms with Gasteiger partial charge < -0.3 is 10.2 Å². The number of hydrogen-bond acceptors (Lipinski definition) is 3. The molecule has 0 saturated carbocycles. The Morgan fingerprint density at radius 2 is 1.93 bits per heavy atom. The van der Waals surface area contributed by atoms with Crippen LogP contribution in [-0.4, -0.2) is 35.1 Å². The molecule has 142 valence electrons. The summed E-state index contributed by atoms with van der Waals surface area (Å²) in [4.78, 5) is 26.4. The fourth-order valence-corrected chi connectivity index (χ4v) is 3.31. The van der Waals surface area contributed by atoms with Gasteiger partial charge in [-0.05, 0) is 42.5 Å². The van der Waals surface area contributed by atoms with E-state index in [1.807, 2.05) is 30.3 Å². The lowest BCUT2D eigenvalue weighted by molar-refractivity contribution is -0.117. The highest BCUT2D eigenvalue weighted by atomic mass is 19.1. The highest BCUT2D eigenvalue weighted by Crippen LogP contribution is 2.24. The van der Waals surface area contributed by atoms with Crippen LogP contribution in [0.1, 0.15) is 16.9 Å². The molecule has 1 fully saturated rings. The second-order valence-electron chi connectivity index (χ2n) is 6.79. The van der Waals surface area contributed by atoms with Gasteiger partial charge >= 0.3 is 0 Å². The van der Waals surface area contributed by atoms with Gasteiger partial charge in [0.25, 0.3) is 5.91 Å². The number of hydrogen-bond donors (Lipinski definition) is 2. The summed E-state index contributed by atoms with van der Waals surface area (Å²) in [5, 5.41) is 9.67. The highest BCUT2D eigenvalue weighted by molar-refractivity contribution is 5.96. The summed E-state index contributed by atoms with van der Waals surface area (Å²) in [6, 6.07) is 17.0. The lowest BCUT2D eigenvalue weighted by Gasteiger charge is -2.16. The molecule has 0 bridgehead atoms. The number of aromatic nitrogens is 2. The molecular weight excluding hydrogens is 359 g/mol. The SMILES string of the molecule is O=C(NC[C@H]1CC(=O)N(c2ccccc2)C1)c1cc(-c2ccc(F)cc2)n[nH]1. The van der Waals surface area contributed by atoms with Crippen LogP contribution in [0, 0.1) is 11.7 Å². The van der Waals surface area contributed by atoms with E-state index in [-0.39, 0.29) is 23.5 Å². The first-order chi connectivity index (χ1) is 13.6. The molecule has 0 aliphatic carbocycles. The van der Waals surface area contributed by atoms with Gasteiger partial charge in [0.15, 0.2) is 0 Å². The molecule has 2 amide bonds. The molecule has 0 unspecified atom stereocenters. The molecule has 2 aromatic carbocycles. The molecule has 2 N–H and O–H groups in total. The standard InChI is InChI=1S/C21H19FN4O2/c22-16-8-6-15(7-9-16)18-11-19(25-24-18)21(28)23-12-14-10-20(27)26(13-14)17-4-2-1-3-5-17/h1-9,11,14H,10,12-13H2,(H,23,28)(H,24,25)/t14-/m1/s1. The largest absolute Gasteiger partial charge is 0.350 e. The van der Waals surface area contributed by atoms with Crippen molar-refractivity contribution >= 4 is 17.5 Å². The van der Waals surface area contributed by atoms with E-state index in [9.17, 15) is 14.0 Å². The van der Waals surface area contributed by atoms with Crippen LogP contribution < -0.4 is 10.2 Å². The van der Waals surface area contributed by atoms with Crippen LogP contribution >= 0.6 is 0 Å². The van der Waals surface area contributed by atoms with E-state index in [0.29, 0.717) is 30.9 Å². The van der Waals surface area contributed by atoms with E-state index >= 15 is 0 Å². The molecule has 1 aromatic heterocycles. The summed E-state index contributed by atoms with van der Waals surface area (Å²) < 4.78 is 13.0. The average Bonchev–Trinajstić information content (AvgIpc) is 3.34. The Labute approximate surface area is 161 Å². The third kappa shape index (κ3) is 3.78. The summed E-state index contributed by atoms with van der Waals surface area (Å²) >= 11 is 0. The van der Waals surface area contributed by atoms with Crippen molar-refractivity contribution in [3.63, 3.8) is 0 Å². The lowest BCUT2D eigenvalue weighted by Crippen LogP contribution is -2.31. The van der Waals surface area contributed by atoms with E-state index in [1.165, 1.54) is 12.1 Å². The topological polar surface area (TPSA) is 78.1 Å². The number of amides is 2. The molecule has 2 heterocycles. The van der Waals surface area contributed by atoms with Gasteiger partial charge in [-0.2, -0.15) is 5.10 Å². The summed E-state index contributed by atoms with van der Waals surface area (Å²) in [5.74, 6) is -0.499. The number of anilines is 1. The van der Waals surface area contributed by atoms with Gasteiger partial charge in [-0.1, -0.05) is 18.2 Å². The Balaban J connectivity index is 1.35. The van der Waals surface area contributed by atoms with Crippen molar-refractivity contribution in [2.45, 2.75) is 6.42 Å². The molecule has 1 atom stereocenters. The van der Waals surface area contributed by atoms with Crippen LogP contribution in [-0.2, 0) is 4.79 Å². The Morgan fingerprint density at radius 3 is 2.68 bits per heavy atom. The van der Waals surface area contributed by atoms with Crippen LogP contribution in [0.2, 0.25) is 0 Å². The van der Waals surface area contributed by atoms with Gasteiger partial charge in [-0.3, -0.25) is 14.7 Å². The number of benzene rings is 2. The Bertz CT molecular complexity index is 985. The van der Waals surface area contributed by atoms with Gasteiger partial charge in [-0.25, -0.2) is 4.39 Å². The molecule has 7 heteroatoms. The third-order valence-corrected chi connectivity index (χ3v) is 4.79. The zero-order valence-electron chi connectivity index (χ0n) is 15.1. The number of aromatic amines is 1. The number of carbonyl (C=O) groups excluding carboxylic acids is 2. The van der Waals surface area contributed by atoms with E-state index in [2.05, 4.69) is 15.5 Å². The number of nitrogens with zero attached hydrogens (tertiary/aromatic N) is 2. The first kappa shape index (κ1) is 17.9. The maximum absolute atomic E-state index is 13.0. The zero-order valence-corrected chi connectivity index (χ0v) is 15.1. The number of nitrogens with one attached hydrogen (secondary N) is 2. The predicted molar refractivity (Wildman–Crippen MR) is 103 cm³/mol. The van der Waals surface area contributed by atoms with Crippen molar-refractivity contribution in [1.29, 1.82) is 0 Å². The first-order valence-corrected chi connectivity index (χ1v) is 9.05. The quantitative estimate of drug-likeness (QED) is 0.716. The van der Waals surface area contributed by atoms with Crippen LogP contribution in [0.3, 0.4) is 0 Å². The molecule has 1 aliphatic rings. The average molecular weight is 378 g/mol. The molecule has 3 aromatic rings. The summed E-state index contributed by atoms with van der Waals surface area (Å²) in [7, 11) is 0. The van der Waals surface area contributed by atoms with Gasteiger partial charge in [0.1, 0.15) is 11.5 Å². The van der Waals surface area contributed by atoms with Crippen LogP contribution in [0.5, 0.6) is 0 Å². The van der Waals surface area contributed by atoms with Crippen molar-refractivity contribution in [2.24, 2.45) is 5.92 Å². The van der Waals surface area contributed by atoms with Gasteiger partial charge in [0.05, 0.1) is 5.69 Å². The molecular formula is C21H19FN4O2. The van der Waals surface area contributed by atoms with Crippen molar-refractivity contribution in [2.75, 3.05) is 18.0 Å². The maximum Gasteiger partial charge on any atom is 0.269 e. The van der Waals surface area contributed by atoms with Gasteiger partial charge in [0.2, 0.25) is 5.91 Å². The molecule has 0 spiro atoms. The van der Waals surface area contributed by atoms with Crippen LogP contribution in [0.4, 0.5) is 10.1 Å². The summed E-state index contributed by atoms with van der Waals surface area (Å²) in [6.07, 6.45) is 0.402. The second-order valence-corrected chi connectivity index (χ2v) is 6.79.